The standard InChI is InChI=1S/C32H34N4O13/c1-6-46-30(37)32(31(38)47-7-2,16-19-12-27(43-3)29(45-5)28(13-19)44-4)17-23(20-8-11-25-26(14-20)49-18-48-25)34-33-22-10-9-21(35(39)40)15-24(22)36(41)42/h8-15,33H,6-7,16-18H2,1-5H3. The van der Waals surface area contributed by atoms with Gasteiger partial charge in [-0.2, -0.15) is 5.10 Å². The first kappa shape index (κ1) is 35.7. The van der Waals surface area contributed by atoms with Gasteiger partial charge >= 0.3 is 17.6 Å². The van der Waals surface area contributed by atoms with Gasteiger partial charge in [0.15, 0.2) is 28.4 Å². The lowest BCUT2D eigenvalue weighted by atomic mass is 9.75. The van der Waals surface area contributed by atoms with E-state index in [0.717, 1.165) is 18.2 Å². The minimum absolute atomic E-state index is 0.0412. The number of nitro groups is 2. The Bertz CT molecular complexity index is 1730. The predicted octanol–water partition coefficient (Wildman–Crippen LogP) is 4.82. The van der Waals surface area contributed by atoms with E-state index in [1.54, 1.807) is 44.2 Å². The Hall–Kier alpha value is -6.13. The Balaban J connectivity index is 1.93. The Morgan fingerprint density at radius 1 is 0.857 bits per heavy atom. The summed E-state index contributed by atoms with van der Waals surface area (Å²) in [6, 6.07) is 10.9. The molecule has 0 radical (unpaired) electrons. The summed E-state index contributed by atoms with van der Waals surface area (Å²) in [5.41, 5.74) is -0.0523. The van der Waals surface area contributed by atoms with E-state index < -0.39 is 45.0 Å². The number of rotatable bonds is 16. The number of non-ortho nitro benzene ring substituents is 1. The maximum atomic E-state index is 14.0. The number of methoxy groups -OCH3 is 3. The van der Waals surface area contributed by atoms with Crippen molar-refractivity contribution >= 4 is 34.7 Å². The molecule has 0 bridgehead atoms. The highest BCUT2D eigenvalue weighted by molar-refractivity contribution is 6.10. The minimum Gasteiger partial charge on any atom is -0.493 e. The van der Waals surface area contributed by atoms with Crippen molar-refractivity contribution in [2.45, 2.75) is 26.7 Å². The number of nitro benzene ring substituents is 2. The predicted molar refractivity (Wildman–Crippen MR) is 173 cm³/mol. The van der Waals surface area contributed by atoms with Gasteiger partial charge in [0.2, 0.25) is 12.5 Å². The van der Waals surface area contributed by atoms with Crippen molar-refractivity contribution in [3.63, 3.8) is 0 Å². The largest absolute Gasteiger partial charge is 0.493 e. The molecule has 49 heavy (non-hydrogen) atoms. The van der Waals surface area contributed by atoms with Crippen molar-refractivity contribution in [1.82, 2.24) is 0 Å². The van der Waals surface area contributed by atoms with E-state index in [4.69, 9.17) is 33.2 Å². The lowest BCUT2D eigenvalue weighted by Gasteiger charge is -2.30. The molecule has 0 aromatic heterocycles. The van der Waals surface area contributed by atoms with Crippen molar-refractivity contribution in [2.75, 3.05) is 46.8 Å². The van der Waals surface area contributed by atoms with Gasteiger partial charge in [-0.3, -0.25) is 35.2 Å². The third kappa shape index (κ3) is 7.72. The molecule has 1 aliphatic heterocycles. The summed E-state index contributed by atoms with van der Waals surface area (Å²) in [5, 5.41) is 27.6. The number of carbonyl (C=O) groups is 2. The zero-order chi connectivity index (χ0) is 35.7. The molecular weight excluding hydrogens is 648 g/mol. The zero-order valence-corrected chi connectivity index (χ0v) is 27.3. The molecule has 17 nitrogen and oxygen atoms in total. The van der Waals surface area contributed by atoms with Crippen molar-refractivity contribution in [3.05, 3.63) is 79.9 Å². The third-order valence-corrected chi connectivity index (χ3v) is 7.44. The maximum Gasteiger partial charge on any atom is 0.324 e. The van der Waals surface area contributed by atoms with Crippen molar-refractivity contribution in [2.24, 2.45) is 10.5 Å². The summed E-state index contributed by atoms with van der Waals surface area (Å²) in [5.74, 6) is -0.293. The van der Waals surface area contributed by atoms with E-state index >= 15 is 0 Å². The summed E-state index contributed by atoms with van der Waals surface area (Å²) >= 11 is 0. The highest BCUT2D eigenvalue weighted by Crippen LogP contribution is 2.42. The fraction of sp³-hybridized carbons (Fsp3) is 0.344. The van der Waals surface area contributed by atoms with E-state index in [9.17, 15) is 29.8 Å². The molecule has 1 heterocycles. The SMILES string of the molecule is CCOC(=O)C(CC(=NNc1ccc([N+](=O)[O-])cc1[N+](=O)[O-])c1ccc2c(c1)OCO2)(Cc1cc(OC)c(OC)c(OC)c1)C(=O)OCC. The molecule has 0 unspecified atom stereocenters. The highest BCUT2D eigenvalue weighted by atomic mass is 16.7. The van der Waals surface area contributed by atoms with E-state index in [0.29, 0.717) is 22.6 Å². The number of esters is 2. The van der Waals surface area contributed by atoms with Gasteiger partial charge in [0.05, 0.1) is 56.2 Å². The maximum absolute atomic E-state index is 14.0. The van der Waals surface area contributed by atoms with E-state index in [2.05, 4.69) is 10.5 Å². The fourth-order valence-electron chi connectivity index (χ4n) is 5.13. The normalized spacial score (nSPS) is 12.1. The second-order valence-corrected chi connectivity index (χ2v) is 10.4. The topological polar surface area (TPSA) is 209 Å². The molecule has 0 spiro atoms. The number of hydrazone groups is 1. The second-order valence-electron chi connectivity index (χ2n) is 10.4. The summed E-state index contributed by atoms with van der Waals surface area (Å²) in [6.45, 7) is 2.94. The van der Waals surface area contributed by atoms with Gasteiger partial charge in [0, 0.05) is 18.1 Å². The number of fused-ring (bicyclic) bond motifs is 1. The van der Waals surface area contributed by atoms with Crippen LogP contribution in [0.3, 0.4) is 0 Å². The van der Waals surface area contributed by atoms with E-state index in [1.165, 1.54) is 21.3 Å². The molecule has 4 rings (SSSR count). The molecule has 0 fully saturated rings. The highest BCUT2D eigenvalue weighted by Gasteiger charge is 2.50. The van der Waals surface area contributed by atoms with Crippen LogP contribution >= 0.6 is 0 Å². The molecule has 0 atom stereocenters. The van der Waals surface area contributed by atoms with Gasteiger partial charge in [-0.05, 0) is 62.2 Å². The Morgan fingerprint density at radius 3 is 2.04 bits per heavy atom. The Kier molecular flexibility index (Phi) is 11.4. The smallest absolute Gasteiger partial charge is 0.324 e. The van der Waals surface area contributed by atoms with Gasteiger partial charge in [-0.1, -0.05) is 0 Å². The van der Waals surface area contributed by atoms with Crippen LogP contribution in [0.2, 0.25) is 0 Å². The molecule has 0 aliphatic carbocycles. The summed E-state index contributed by atoms with van der Waals surface area (Å²) < 4.78 is 38.3. The van der Waals surface area contributed by atoms with Crippen molar-refractivity contribution in [3.8, 4) is 28.7 Å². The number of nitrogens with zero attached hydrogens (tertiary/aromatic N) is 3. The molecule has 260 valence electrons. The Labute approximate surface area is 279 Å². The molecule has 17 heteroatoms. The lowest BCUT2D eigenvalue weighted by Crippen LogP contribution is -2.46. The number of benzene rings is 3. The molecule has 0 saturated heterocycles. The monoisotopic (exact) mass is 682 g/mol. The Morgan fingerprint density at radius 2 is 1.49 bits per heavy atom. The lowest BCUT2D eigenvalue weighted by molar-refractivity contribution is -0.393. The minimum atomic E-state index is -2.09. The second kappa shape index (κ2) is 15.6. The van der Waals surface area contributed by atoms with Crippen molar-refractivity contribution in [1.29, 1.82) is 0 Å². The van der Waals surface area contributed by atoms with Gasteiger partial charge < -0.3 is 33.2 Å². The van der Waals surface area contributed by atoms with Gasteiger partial charge in [0.25, 0.3) is 5.69 Å². The summed E-state index contributed by atoms with van der Waals surface area (Å²) in [6.07, 6.45) is -0.766. The number of hydrogen-bond donors (Lipinski definition) is 1. The summed E-state index contributed by atoms with van der Waals surface area (Å²) in [4.78, 5) is 49.6. The van der Waals surface area contributed by atoms with E-state index in [-0.39, 0.29) is 55.1 Å². The molecule has 0 amide bonds. The van der Waals surface area contributed by atoms with Crippen LogP contribution in [-0.2, 0) is 25.5 Å². The average molecular weight is 683 g/mol. The number of hydrogen-bond acceptors (Lipinski definition) is 15. The van der Waals surface area contributed by atoms with Crippen LogP contribution < -0.4 is 29.1 Å². The molecule has 1 N–H and O–H groups in total. The van der Waals surface area contributed by atoms with Crippen LogP contribution in [-0.4, -0.2) is 68.8 Å². The number of nitrogens with one attached hydrogen (secondary N) is 1. The van der Waals surface area contributed by atoms with Crippen LogP contribution in [0, 0.1) is 25.6 Å². The first-order chi connectivity index (χ1) is 23.5. The number of carbonyl (C=O) groups excluding carboxylic acids is 2. The van der Waals surface area contributed by atoms with Crippen molar-refractivity contribution < 1.29 is 52.6 Å². The molecule has 3 aromatic rings. The molecule has 1 aliphatic rings. The quantitative estimate of drug-likeness (QED) is 0.0706. The van der Waals surface area contributed by atoms with Gasteiger partial charge in [-0.15, -0.1) is 0 Å². The summed E-state index contributed by atoms with van der Waals surface area (Å²) in [7, 11) is 4.26. The fourth-order valence-corrected chi connectivity index (χ4v) is 5.13. The van der Waals surface area contributed by atoms with Crippen LogP contribution in [0.1, 0.15) is 31.4 Å². The average Bonchev–Trinajstić information content (AvgIpc) is 3.57. The van der Waals surface area contributed by atoms with Gasteiger partial charge in [-0.25, -0.2) is 0 Å². The third-order valence-electron chi connectivity index (χ3n) is 7.44. The van der Waals surface area contributed by atoms with Crippen LogP contribution in [0.25, 0.3) is 0 Å². The molecule has 0 saturated carbocycles. The van der Waals surface area contributed by atoms with E-state index in [1.807, 2.05) is 0 Å². The van der Waals surface area contributed by atoms with Crippen LogP contribution in [0.4, 0.5) is 17.1 Å². The number of ether oxygens (including phenoxy) is 7. The zero-order valence-electron chi connectivity index (χ0n) is 27.3. The first-order valence-corrected chi connectivity index (χ1v) is 14.8. The van der Waals surface area contributed by atoms with Crippen LogP contribution in [0.15, 0.2) is 53.6 Å². The van der Waals surface area contributed by atoms with Gasteiger partial charge in [0.1, 0.15) is 5.69 Å². The number of anilines is 1. The van der Waals surface area contributed by atoms with Crippen LogP contribution in [0.5, 0.6) is 28.7 Å². The molecular formula is C32H34N4O13. The first-order valence-electron chi connectivity index (χ1n) is 14.8. The molecule has 3 aromatic carbocycles.